The molecule has 0 amide bonds. The molecule has 11 heteroatoms. The highest BCUT2D eigenvalue weighted by Crippen LogP contribution is 2.38. The predicted octanol–water partition coefficient (Wildman–Crippen LogP) is 4.52. The van der Waals surface area contributed by atoms with E-state index in [-0.39, 0.29) is 21.9 Å². The second kappa shape index (κ2) is 6.41. The average Bonchev–Trinajstić information content (AvgIpc) is 2.91. The van der Waals surface area contributed by atoms with Gasteiger partial charge in [-0.25, -0.2) is 5.10 Å². The van der Waals surface area contributed by atoms with Crippen molar-refractivity contribution in [2.45, 2.75) is 6.18 Å². The van der Waals surface area contributed by atoms with Crippen LogP contribution in [0.15, 0.2) is 30.5 Å². The lowest BCUT2D eigenvalue weighted by Crippen LogP contribution is -2.07. The molecule has 0 spiro atoms. The first-order chi connectivity index (χ1) is 11.7. The molecule has 130 valence electrons. The zero-order valence-corrected chi connectivity index (χ0v) is 13.7. The number of anilines is 3. The van der Waals surface area contributed by atoms with E-state index < -0.39 is 11.9 Å². The van der Waals surface area contributed by atoms with Crippen molar-refractivity contribution < 1.29 is 13.2 Å². The minimum Gasteiger partial charge on any atom is -0.368 e. The smallest absolute Gasteiger partial charge is 0.368 e. The zero-order valence-electron chi connectivity index (χ0n) is 12.2. The fraction of sp³-hybridized carbons (Fsp3) is 0.0714. The largest absolute Gasteiger partial charge is 0.433 e. The molecule has 0 aliphatic rings. The molecule has 0 atom stereocenters. The Labute approximate surface area is 149 Å². The molecule has 3 rings (SSSR count). The van der Waals surface area contributed by atoms with Gasteiger partial charge >= 0.3 is 6.18 Å². The topological polar surface area (TPSA) is 92.5 Å². The number of nitrogens with zero attached hydrogens (tertiary/aromatic N) is 3. The highest BCUT2D eigenvalue weighted by atomic mass is 35.5. The van der Waals surface area contributed by atoms with Crippen molar-refractivity contribution in [3.05, 3.63) is 46.2 Å². The molecule has 0 aliphatic heterocycles. The fourth-order valence-corrected chi connectivity index (χ4v) is 2.80. The quantitative estimate of drug-likeness (QED) is 0.613. The second-order valence-corrected chi connectivity index (χ2v) is 5.73. The van der Waals surface area contributed by atoms with Crippen LogP contribution < -0.4 is 11.1 Å². The number of pyridine rings is 1. The number of rotatable bonds is 3. The van der Waals surface area contributed by atoms with Gasteiger partial charge in [0, 0.05) is 23.0 Å². The number of nitrogens with two attached hydrogens (primary N) is 1. The van der Waals surface area contributed by atoms with Crippen LogP contribution >= 0.6 is 23.2 Å². The van der Waals surface area contributed by atoms with E-state index in [1.54, 1.807) is 0 Å². The lowest BCUT2D eigenvalue weighted by molar-refractivity contribution is -0.141. The van der Waals surface area contributed by atoms with Crippen LogP contribution in [0, 0.1) is 0 Å². The third-order valence-corrected chi connectivity index (χ3v) is 3.74. The molecule has 6 nitrogen and oxygen atoms in total. The number of alkyl halides is 3. The van der Waals surface area contributed by atoms with Gasteiger partial charge in [-0.1, -0.05) is 29.3 Å². The SMILES string of the molecule is Nc1nc(Nc2cc(Cl)c(-c3ccc(C(F)(F)F)nc3)c(Cl)c2)n[nH]1. The minimum atomic E-state index is -4.52. The first-order valence-electron chi connectivity index (χ1n) is 6.71. The summed E-state index contributed by atoms with van der Waals surface area (Å²) >= 11 is 12.4. The molecule has 0 aliphatic carbocycles. The van der Waals surface area contributed by atoms with E-state index in [9.17, 15) is 13.2 Å². The third kappa shape index (κ3) is 3.77. The fourth-order valence-electron chi connectivity index (χ4n) is 2.09. The zero-order chi connectivity index (χ0) is 18.2. The van der Waals surface area contributed by atoms with Gasteiger partial charge in [-0.15, -0.1) is 5.10 Å². The summed E-state index contributed by atoms with van der Waals surface area (Å²) in [6.45, 7) is 0. The van der Waals surface area contributed by atoms with Crippen LogP contribution in [0.4, 0.5) is 30.8 Å². The minimum absolute atomic E-state index is 0.132. The predicted molar refractivity (Wildman–Crippen MR) is 88.8 cm³/mol. The van der Waals surface area contributed by atoms with Crippen LogP contribution in [-0.2, 0) is 6.18 Å². The summed E-state index contributed by atoms with van der Waals surface area (Å²) in [5.41, 5.74) is 5.64. The van der Waals surface area contributed by atoms with Crippen molar-refractivity contribution in [1.82, 2.24) is 20.2 Å². The van der Waals surface area contributed by atoms with Gasteiger partial charge in [-0.05, 0) is 18.2 Å². The first-order valence-corrected chi connectivity index (χ1v) is 7.47. The molecule has 2 aromatic heterocycles. The standard InChI is InChI=1S/C14H9Cl2F3N6/c15-8-3-7(22-13-23-12(20)24-25-13)4-9(16)11(8)6-1-2-10(21-5-6)14(17,18)19/h1-5H,(H4,20,22,23,24,25). The summed E-state index contributed by atoms with van der Waals surface area (Å²) in [5, 5.41) is 9.56. The number of hydrogen-bond donors (Lipinski definition) is 3. The molecular formula is C14H9Cl2F3N6. The Kier molecular flexibility index (Phi) is 4.44. The van der Waals surface area contributed by atoms with Gasteiger partial charge in [0.1, 0.15) is 5.69 Å². The summed E-state index contributed by atoms with van der Waals surface area (Å²) in [6.07, 6.45) is -3.45. The van der Waals surface area contributed by atoms with E-state index in [2.05, 4.69) is 25.5 Å². The number of halogens is 5. The molecule has 1 aromatic carbocycles. The summed E-state index contributed by atoms with van der Waals surface area (Å²) in [6, 6.07) is 5.19. The lowest BCUT2D eigenvalue weighted by atomic mass is 10.1. The van der Waals surface area contributed by atoms with Crippen molar-refractivity contribution in [2.24, 2.45) is 0 Å². The number of aromatic amines is 1. The van der Waals surface area contributed by atoms with Crippen LogP contribution in [0.25, 0.3) is 11.1 Å². The van der Waals surface area contributed by atoms with Gasteiger partial charge in [0.2, 0.25) is 11.9 Å². The lowest BCUT2D eigenvalue weighted by Gasteiger charge is -2.11. The van der Waals surface area contributed by atoms with Crippen molar-refractivity contribution >= 4 is 40.8 Å². The molecule has 3 aromatic rings. The number of aromatic nitrogens is 4. The highest BCUT2D eigenvalue weighted by molar-refractivity contribution is 6.39. The Morgan fingerprint density at radius 1 is 1.12 bits per heavy atom. The molecule has 0 radical (unpaired) electrons. The Morgan fingerprint density at radius 2 is 1.80 bits per heavy atom. The third-order valence-electron chi connectivity index (χ3n) is 3.14. The van der Waals surface area contributed by atoms with Crippen LogP contribution in [0.2, 0.25) is 10.0 Å². The van der Waals surface area contributed by atoms with E-state index in [4.69, 9.17) is 28.9 Å². The summed E-state index contributed by atoms with van der Waals surface area (Å²) in [7, 11) is 0. The summed E-state index contributed by atoms with van der Waals surface area (Å²) in [4.78, 5) is 7.28. The van der Waals surface area contributed by atoms with Crippen molar-refractivity contribution in [1.29, 1.82) is 0 Å². The van der Waals surface area contributed by atoms with Gasteiger partial charge in [-0.3, -0.25) is 4.98 Å². The molecule has 0 fully saturated rings. The van der Waals surface area contributed by atoms with Crippen LogP contribution in [0.1, 0.15) is 5.69 Å². The summed E-state index contributed by atoms with van der Waals surface area (Å²) in [5.74, 6) is 0.348. The first kappa shape index (κ1) is 17.3. The molecule has 0 saturated carbocycles. The highest BCUT2D eigenvalue weighted by Gasteiger charge is 2.32. The molecule has 0 bridgehead atoms. The van der Waals surface area contributed by atoms with Crippen LogP contribution in [-0.4, -0.2) is 20.2 Å². The van der Waals surface area contributed by atoms with Crippen LogP contribution in [0.3, 0.4) is 0 Å². The number of H-pyrrole nitrogens is 1. The monoisotopic (exact) mass is 388 g/mol. The van der Waals surface area contributed by atoms with E-state index in [0.717, 1.165) is 12.3 Å². The van der Waals surface area contributed by atoms with Gasteiger partial charge in [-0.2, -0.15) is 18.2 Å². The van der Waals surface area contributed by atoms with Gasteiger partial charge in [0.15, 0.2) is 0 Å². The van der Waals surface area contributed by atoms with Gasteiger partial charge in [0.25, 0.3) is 0 Å². The number of nitrogen functional groups attached to an aromatic ring is 1. The number of hydrogen-bond acceptors (Lipinski definition) is 5. The van der Waals surface area contributed by atoms with Gasteiger partial charge in [0.05, 0.1) is 10.0 Å². The van der Waals surface area contributed by atoms with E-state index >= 15 is 0 Å². The van der Waals surface area contributed by atoms with Crippen molar-refractivity contribution in [3.63, 3.8) is 0 Å². The normalized spacial score (nSPS) is 11.6. The molecule has 2 heterocycles. The Morgan fingerprint density at radius 3 is 2.28 bits per heavy atom. The average molecular weight is 389 g/mol. The van der Waals surface area contributed by atoms with E-state index in [1.807, 2.05) is 0 Å². The summed E-state index contributed by atoms with van der Waals surface area (Å²) < 4.78 is 37.8. The molecule has 25 heavy (non-hydrogen) atoms. The Bertz CT molecular complexity index is 885. The van der Waals surface area contributed by atoms with Crippen LogP contribution in [0.5, 0.6) is 0 Å². The molecule has 0 unspecified atom stereocenters. The van der Waals surface area contributed by atoms with Crippen molar-refractivity contribution in [2.75, 3.05) is 11.1 Å². The van der Waals surface area contributed by atoms with E-state index in [0.29, 0.717) is 16.8 Å². The maximum atomic E-state index is 12.6. The number of benzene rings is 1. The van der Waals surface area contributed by atoms with Crippen molar-refractivity contribution in [3.8, 4) is 11.1 Å². The molecule has 0 saturated heterocycles. The molecular weight excluding hydrogens is 380 g/mol. The molecule has 4 N–H and O–H groups in total. The number of nitrogens with one attached hydrogen (secondary N) is 2. The second-order valence-electron chi connectivity index (χ2n) is 4.91. The van der Waals surface area contributed by atoms with E-state index in [1.165, 1.54) is 18.2 Å². The van der Waals surface area contributed by atoms with Gasteiger partial charge < -0.3 is 11.1 Å². The Hall–Kier alpha value is -2.52. The Balaban J connectivity index is 1.92. The maximum Gasteiger partial charge on any atom is 0.433 e. The maximum absolute atomic E-state index is 12.6.